The van der Waals surface area contributed by atoms with Gasteiger partial charge in [-0.1, -0.05) is 29.3 Å². The van der Waals surface area contributed by atoms with Crippen molar-refractivity contribution in [2.75, 3.05) is 19.6 Å². The van der Waals surface area contributed by atoms with Crippen LogP contribution in [0.3, 0.4) is 0 Å². The summed E-state index contributed by atoms with van der Waals surface area (Å²) in [6.45, 7) is 5.50. The Hall–Kier alpha value is -0.580. The Balaban J connectivity index is 1.58. The molecule has 3 nitrogen and oxygen atoms in total. The van der Waals surface area contributed by atoms with E-state index in [2.05, 4.69) is 39.9 Å². The first-order chi connectivity index (χ1) is 9.65. The van der Waals surface area contributed by atoms with Crippen LogP contribution in [0.4, 0.5) is 0 Å². The summed E-state index contributed by atoms with van der Waals surface area (Å²) in [5.74, 6) is 1.70. The lowest BCUT2D eigenvalue weighted by Crippen LogP contribution is -2.49. The van der Waals surface area contributed by atoms with Crippen molar-refractivity contribution >= 4 is 15.9 Å². The Bertz CT molecular complexity index is 480. The van der Waals surface area contributed by atoms with Crippen LogP contribution < -0.4 is 10.5 Å². The molecule has 3 rings (SSSR count). The number of ether oxygens (including phenoxy) is 1. The van der Waals surface area contributed by atoms with Crippen LogP contribution >= 0.6 is 15.9 Å². The summed E-state index contributed by atoms with van der Waals surface area (Å²) in [6, 6.07) is 6.68. The molecule has 0 amide bonds. The molecule has 3 atom stereocenters. The Kier molecular flexibility index (Phi) is 4.34. The molecule has 0 aliphatic carbocycles. The SMILES string of the molecule is CCC1CN(CC2Cc3cc(Br)ccc3O2)CCC1N. The van der Waals surface area contributed by atoms with E-state index >= 15 is 0 Å². The van der Waals surface area contributed by atoms with Crippen LogP contribution in [0.15, 0.2) is 22.7 Å². The van der Waals surface area contributed by atoms with Gasteiger partial charge in [0.1, 0.15) is 11.9 Å². The molecule has 0 saturated carbocycles. The molecule has 0 radical (unpaired) electrons. The molecule has 2 heterocycles. The fourth-order valence-corrected chi connectivity index (χ4v) is 3.81. The number of hydrogen-bond acceptors (Lipinski definition) is 3. The predicted molar refractivity (Wildman–Crippen MR) is 85.1 cm³/mol. The minimum Gasteiger partial charge on any atom is -0.488 e. The van der Waals surface area contributed by atoms with Crippen LogP contribution in [-0.2, 0) is 6.42 Å². The number of halogens is 1. The molecule has 2 aliphatic heterocycles. The van der Waals surface area contributed by atoms with Gasteiger partial charge in [-0.2, -0.15) is 0 Å². The van der Waals surface area contributed by atoms with Crippen molar-refractivity contribution in [2.45, 2.75) is 38.3 Å². The highest BCUT2D eigenvalue weighted by atomic mass is 79.9. The molecular weight excluding hydrogens is 316 g/mol. The van der Waals surface area contributed by atoms with Gasteiger partial charge in [0.2, 0.25) is 0 Å². The Morgan fingerprint density at radius 2 is 2.30 bits per heavy atom. The van der Waals surface area contributed by atoms with Gasteiger partial charge in [0, 0.05) is 30.0 Å². The average Bonchev–Trinajstić information content (AvgIpc) is 2.82. The Morgan fingerprint density at radius 3 is 3.10 bits per heavy atom. The van der Waals surface area contributed by atoms with Gasteiger partial charge in [0.15, 0.2) is 0 Å². The lowest BCUT2D eigenvalue weighted by atomic mass is 9.90. The van der Waals surface area contributed by atoms with Crippen LogP contribution in [0, 0.1) is 5.92 Å². The Labute approximate surface area is 129 Å². The third kappa shape index (κ3) is 3.02. The molecule has 1 saturated heterocycles. The van der Waals surface area contributed by atoms with E-state index in [9.17, 15) is 0 Å². The molecule has 1 aromatic rings. The van der Waals surface area contributed by atoms with Crippen LogP contribution in [0.5, 0.6) is 5.75 Å². The number of fused-ring (bicyclic) bond motifs is 1. The number of hydrogen-bond donors (Lipinski definition) is 1. The van der Waals surface area contributed by atoms with Gasteiger partial charge in [-0.25, -0.2) is 0 Å². The third-order valence-corrected chi connectivity index (χ3v) is 5.12. The molecule has 0 spiro atoms. The van der Waals surface area contributed by atoms with E-state index < -0.39 is 0 Å². The average molecular weight is 339 g/mol. The molecule has 2 N–H and O–H groups in total. The van der Waals surface area contributed by atoms with E-state index in [-0.39, 0.29) is 0 Å². The first-order valence-electron chi connectivity index (χ1n) is 7.58. The van der Waals surface area contributed by atoms with Crippen molar-refractivity contribution in [2.24, 2.45) is 11.7 Å². The van der Waals surface area contributed by atoms with Crippen molar-refractivity contribution in [3.8, 4) is 5.75 Å². The minimum absolute atomic E-state index is 0.297. The molecule has 0 bridgehead atoms. The number of piperidine rings is 1. The highest BCUT2D eigenvalue weighted by Gasteiger charge is 2.29. The smallest absolute Gasteiger partial charge is 0.123 e. The monoisotopic (exact) mass is 338 g/mol. The predicted octanol–water partition coefficient (Wildman–Crippen LogP) is 2.81. The highest BCUT2D eigenvalue weighted by Crippen LogP contribution is 2.32. The number of nitrogens with zero attached hydrogens (tertiary/aromatic N) is 1. The van der Waals surface area contributed by atoms with E-state index in [1.165, 1.54) is 12.0 Å². The van der Waals surface area contributed by atoms with Gasteiger partial charge in [-0.05, 0) is 42.6 Å². The second-order valence-electron chi connectivity index (χ2n) is 6.08. The van der Waals surface area contributed by atoms with Crippen molar-refractivity contribution in [1.29, 1.82) is 0 Å². The number of likely N-dealkylation sites (tertiary alicyclic amines) is 1. The highest BCUT2D eigenvalue weighted by molar-refractivity contribution is 9.10. The van der Waals surface area contributed by atoms with E-state index in [4.69, 9.17) is 10.5 Å². The van der Waals surface area contributed by atoms with E-state index in [1.54, 1.807) is 0 Å². The second-order valence-corrected chi connectivity index (χ2v) is 6.99. The third-order valence-electron chi connectivity index (χ3n) is 4.63. The maximum atomic E-state index is 6.18. The number of rotatable bonds is 3. The molecule has 20 heavy (non-hydrogen) atoms. The van der Waals surface area contributed by atoms with E-state index in [0.717, 1.165) is 42.7 Å². The minimum atomic E-state index is 0.297. The first kappa shape index (κ1) is 14.4. The normalized spacial score (nSPS) is 30.1. The van der Waals surface area contributed by atoms with Crippen LogP contribution in [0.2, 0.25) is 0 Å². The molecule has 1 fully saturated rings. The molecule has 2 aliphatic rings. The second kappa shape index (κ2) is 6.04. The molecule has 110 valence electrons. The summed E-state index contributed by atoms with van der Waals surface area (Å²) < 4.78 is 7.20. The first-order valence-corrected chi connectivity index (χ1v) is 8.38. The maximum Gasteiger partial charge on any atom is 0.123 e. The Morgan fingerprint density at radius 1 is 1.45 bits per heavy atom. The quantitative estimate of drug-likeness (QED) is 0.920. The molecule has 4 heteroatoms. The van der Waals surface area contributed by atoms with Crippen molar-refractivity contribution in [3.05, 3.63) is 28.2 Å². The fraction of sp³-hybridized carbons (Fsp3) is 0.625. The van der Waals surface area contributed by atoms with Crippen molar-refractivity contribution in [1.82, 2.24) is 4.90 Å². The van der Waals surface area contributed by atoms with Gasteiger partial charge in [-0.15, -0.1) is 0 Å². The maximum absolute atomic E-state index is 6.18. The van der Waals surface area contributed by atoms with Crippen molar-refractivity contribution in [3.63, 3.8) is 0 Å². The van der Waals surface area contributed by atoms with Crippen molar-refractivity contribution < 1.29 is 4.74 Å². The summed E-state index contributed by atoms with van der Waals surface area (Å²) >= 11 is 3.53. The topological polar surface area (TPSA) is 38.5 Å². The fourth-order valence-electron chi connectivity index (χ4n) is 3.40. The standard InChI is InChI=1S/C16H23BrN2O/c1-2-11-9-19(6-5-15(11)18)10-14-8-12-7-13(17)3-4-16(12)20-14/h3-4,7,11,14-15H,2,5-6,8-10,18H2,1H3. The zero-order valence-electron chi connectivity index (χ0n) is 12.0. The van der Waals surface area contributed by atoms with Gasteiger partial charge in [0.05, 0.1) is 0 Å². The van der Waals surface area contributed by atoms with Crippen LogP contribution in [0.1, 0.15) is 25.3 Å². The van der Waals surface area contributed by atoms with Crippen LogP contribution in [-0.4, -0.2) is 36.7 Å². The zero-order chi connectivity index (χ0) is 14.1. The molecule has 1 aromatic carbocycles. The largest absolute Gasteiger partial charge is 0.488 e. The summed E-state index contributed by atoms with van der Waals surface area (Å²) in [6.07, 6.45) is 3.61. The molecule has 3 unspecified atom stereocenters. The number of benzene rings is 1. The lowest BCUT2D eigenvalue weighted by molar-refractivity contribution is 0.0994. The lowest BCUT2D eigenvalue weighted by Gasteiger charge is -2.37. The van der Waals surface area contributed by atoms with Gasteiger partial charge < -0.3 is 10.5 Å². The van der Waals surface area contributed by atoms with Gasteiger partial charge in [-0.3, -0.25) is 4.90 Å². The number of nitrogens with two attached hydrogens (primary N) is 1. The summed E-state index contributed by atoms with van der Waals surface area (Å²) in [4.78, 5) is 2.53. The van der Waals surface area contributed by atoms with Gasteiger partial charge >= 0.3 is 0 Å². The molecular formula is C16H23BrN2O. The van der Waals surface area contributed by atoms with Crippen LogP contribution in [0.25, 0.3) is 0 Å². The van der Waals surface area contributed by atoms with E-state index in [0.29, 0.717) is 18.1 Å². The summed E-state index contributed by atoms with van der Waals surface area (Å²) in [5.41, 5.74) is 7.51. The molecule has 0 aromatic heterocycles. The summed E-state index contributed by atoms with van der Waals surface area (Å²) in [5, 5.41) is 0. The van der Waals surface area contributed by atoms with E-state index in [1.807, 2.05) is 6.07 Å². The zero-order valence-corrected chi connectivity index (χ0v) is 13.6. The van der Waals surface area contributed by atoms with Gasteiger partial charge in [0.25, 0.3) is 0 Å². The summed E-state index contributed by atoms with van der Waals surface area (Å²) in [7, 11) is 0.